The monoisotopic (exact) mass is 232 g/mol. The lowest BCUT2D eigenvalue weighted by Gasteiger charge is -2.24. The van der Waals surface area contributed by atoms with E-state index < -0.39 is 11.9 Å². The summed E-state index contributed by atoms with van der Waals surface area (Å²) in [6.07, 6.45) is 0. The number of aryl methyl sites for hydroxylation is 1. The fraction of sp³-hybridized carbons (Fsp3) is 0.385. The minimum atomic E-state index is -0.830. The number of carboxylic acids is 1. The predicted octanol–water partition coefficient (Wildman–Crippen LogP) is 2.02. The van der Waals surface area contributed by atoms with Crippen LogP contribution in [0.3, 0.4) is 0 Å². The largest absolute Gasteiger partial charge is 0.481 e. The van der Waals surface area contributed by atoms with Gasteiger partial charge in [-0.25, -0.2) is 0 Å². The van der Waals surface area contributed by atoms with Crippen LogP contribution in [0.15, 0.2) is 18.2 Å². The molecule has 4 nitrogen and oxygen atoms in total. The van der Waals surface area contributed by atoms with E-state index in [1.165, 1.54) is 0 Å². The number of hydrogen-bond donors (Lipinski definition) is 1. The van der Waals surface area contributed by atoms with Gasteiger partial charge in [-0.3, -0.25) is 4.79 Å². The fourth-order valence-corrected chi connectivity index (χ4v) is 1.84. The molecule has 1 N–H and O–H groups in total. The lowest BCUT2D eigenvalue weighted by Crippen LogP contribution is -2.29. The second kappa shape index (κ2) is 5.35. The van der Waals surface area contributed by atoms with Crippen molar-refractivity contribution in [3.63, 3.8) is 0 Å². The van der Waals surface area contributed by atoms with Crippen LogP contribution in [0, 0.1) is 24.2 Å². The maximum atomic E-state index is 10.8. The zero-order valence-corrected chi connectivity index (χ0v) is 10.3. The molecule has 1 aromatic carbocycles. The van der Waals surface area contributed by atoms with E-state index >= 15 is 0 Å². The third kappa shape index (κ3) is 2.97. The van der Waals surface area contributed by atoms with Gasteiger partial charge < -0.3 is 10.0 Å². The lowest BCUT2D eigenvalue weighted by molar-refractivity contribution is -0.140. The van der Waals surface area contributed by atoms with Gasteiger partial charge in [-0.2, -0.15) is 5.26 Å². The average molecular weight is 232 g/mol. The molecule has 0 spiro atoms. The molecule has 0 bridgehead atoms. The summed E-state index contributed by atoms with van der Waals surface area (Å²) in [6.45, 7) is 3.95. The molecule has 1 atom stereocenters. The van der Waals surface area contributed by atoms with Crippen molar-refractivity contribution in [1.82, 2.24) is 0 Å². The first-order valence-corrected chi connectivity index (χ1v) is 5.41. The van der Waals surface area contributed by atoms with Crippen LogP contribution in [0.2, 0.25) is 0 Å². The Morgan fingerprint density at radius 2 is 2.24 bits per heavy atom. The summed E-state index contributed by atoms with van der Waals surface area (Å²) in [6, 6.07) is 7.61. The molecule has 0 fully saturated rings. The number of hydrogen-bond acceptors (Lipinski definition) is 3. The van der Waals surface area contributed by atoms with Gasteiger partial charge in [-0.15, -0.1) is 0 Å². The number of anilines is 1. The molecule has 0 heterocycles. The normalized spacial score (nSPS) is 11.6. The highest BCUT2D eigenvalue weighted by molar-refractivity contribution is 5.71. The van der Waals surface area contributed by atoms with Crippen molar-refractivity contribution < 1.29 is 9.90 Å². The first-order chi connectivity index (χ1) is 7.97. The van der Waals surface area contributed by atoms with Gasteiger partial charge in [0.2, 0.25) is 0 Å². The van der Waals surface area contributed by atoms with Gasteiger partial charge in [-0.05, 0) is 18.6 Å². The van der Waals surface area contributed by atoms with Crippen molar-refractivity contribution in [2.75, 3.05) is 18.5 Å². The number of benzene rings is 1. The van der Waals surface area contributed by atoms with Crippen LogP contribution in [0.4, 0.5) is 5.69 Å². The molecular formula is C13H16N2O2. The maximum absolute atomic E-state index is 10.8. The van der Waals surface area contributed by atoms with Crippen molar-refractivity contribution in [3.8, 4) is 6.07 Å². The molecule has 0 saturated heterocycles. The smallest absolute Gasteiger partial charge is 0.308 e. The molecule has 4 heteroatoms. The Balaban J connectivity index is 3.00. The van der Waals surface area contributed by atoms with E-state index in [9.17, 15) is 4.79 Å². The topological polar surface area (TPSA) is 64.3 Å². The van der Waals surface area contributed by atoms with Crippen molar-refractivity contribution >= 4 is 11.7 Å². The molecule has 17 heavy (non-hydrogen) atoms. The van der Waals surface area contributed by atoms with Gasteiger partial charge in [0.15, 0.2) is 0 Å². The highest BCUT2D eigenvalue weighted by Crippen LogP contribution is 2.24. The van der Waals surface area contributed by atoms with E-state index in [1.54, 1.807) is 13.0 Å². The van der Waals surface area contributed by atoms with Gasteiger partial charge in [-0.1, -0.05) is 19.1 Å². The Hall–Kier alpha value is -2.02. The Labute approximate surface area is 101 Å². The number of rotatable bonds is 4. The summed E-state index contributed by atoms with van der Waals surface area (Å²) < 4.78 is 0. The van der Waals surface area contributed by atoms with Gasteiger partial charge in [0.25, 0.3) is 0 Å². The zero-order chi connectivity index (χ0) is 13.0. The summed E-state index contributed by atoms with van der Waals surface area (Å²) in [4.78, 5) is 12.6. The summed E-state index contributed by atoms with van der Waals surface area (Å²) in [5, 5.41) is 17.9. The minimum absolute atomic E-state index is 0.384. The summed E-state index contributed by atoms with van der Waals surface area (Å²) >= 11 is 0. The molecule has 1 rings (SSSR count). The van der Waals surface area contributed by atoms with Crippen molar-refractivity contribution in [3.05, 3.63) is 29.3 Å². The van der Waals surface area contributed by atoms with Crippen LogP contribution in [-0.4, -0.2) is 24.7 Å². The van der Waals surface area contributed by atoms with Crippen LogP contribution >= 0.6 is 0 Å². The number of carbonyl (C=O) groups is 1. The van der Waals surface area contributed by atoms with E-state index in [2.05, 4.69) is 6.07 Å². The van der Waals surface area contributed by atoms with Gasteiger partial charge >= 0.3 is 5.97 Å². The second-order valence-corrected chi connectivity index (χ2v) is 4.20. The van der Waals surface area contributed by atoms with Crippen LogP contribution in [-0.2, 0) is 4.79 Å². The van der Waals surface area contributed by atoms with E-state index in [4.69, 9.17) is 10.4 Å². The first-order valence-electron chi connectivity index (χ1n) is 5.41. The third-order valence-corrected chi connectivity index (χ3v) is 2.71. The van der Waals surface area contributed by atoms with Crippen LogP contribution in [0.5, 0.6) is 0 Å². The zero-order valence-electron chi connectivity index (χ0n) is 10.3. The van der Waals surface area contributed by atoms with Gasteiger partial charge in [0, 0.05) is 13.6 Å². The minimum Gasteiger partial charge on any atom is -0.481 e. The molecule has 0 aliphatic carbocycles. The predicted molar refractivity (Wildman–Crippen MR) is 66.0 cm³/mol. The summed E-state index contributed by atoms with van der Waals surface area (Å²) in [5.41, 5.74) is 2.36. The molecule has 0 aliphatic rings. The Bertz CT molecular complexity index is 463. The van der Waals surface area contributed by atoms with Crippen LogP contribution in [0.1, 0.15) is 18.1 Å². The molecule has 0 aliphatic heterocycles. The van der Waals surface area contributed by atoms with Crippen LogP contribution < -0.4 is 4.90 Å². The standard InChI is InChI=1S/C13H16N2O2/c1-9-5-4-6-11(7-14)12(9)15(3)8-10(2)13(16)17/h4-6,10H,8H2,1-3H3,(H,16,17). The molecule has 1 unspecified atom stereocenters. The van der Waals surface area contributed by atoms with E-state index in [0.29, 0.717) is 12.1 Å². The Morgan fingerprint density at radius 3 is 2.76 bits per heavy atom. The van der Waals surface area contributed by atoms with Gasteiger partial charge in [0.1, 0.15) is 6.07 Å². The SMILES string of the molecule is Cc1cccc(C#N)c1N(C)CC(C)C(=O)O. The molecule has 0 aromatic heterocycles. The molecule has 0 saturated carbocycles. The highest BCUT2D eigenvalue weighted by atomic mass is 16.4. The van der Waals surface area contributed by atoms with E-state index in [1.807, 2.05) is 31.0 Å². The maximum Gasteiger partial charge on any atom is 0.308 e. The molecule has 0 radical (unpaired) electrons. The molecule has 1 aromatic rings. The van der Waals surface area contributed by atoms with Crippen molar-refractivity contribution in [2.24, 2.45) is 5.92 Å². The number of aliphatic carboxylic acids is 1. The first kappa shape index (κ1) is 13.0. The molecule has 0 amide bonds. The summed E-state index contributed by atoms with van der Waals surface area (Å²) in [5.74, 6) is -1.30. The number of nitrogens with zero attached hydrogens (tertiary/aromatic N) is 2. The van der Waals surface area contributed by atoms with Gasteiger partial charge in [0.05, 0.1) is 17.2 Å². The van der Waals surface area contributed by atoms with Crippen LogP contribution in [0.25, 0.3) is 0 Å². The molecular weight excluding hydrogens is 216 g/mol. The fourth-order valence-electron chi connectivity index (χ4n) is 1.84. The highest BCUT2D eigenvalue weighted by Gasteiger charge is 2.17. The summed E-state index contributed by atoms with van der Waals surface area (Å²) in [7, 11) is 1.81. The second-order valence-electron chi connectivity index (χ2n) is 4.20. The van der Waals surface area contributed by atoms with E-state index in [0.717, 1.165) is 11.3 Å². The Morgan fingerprint density at radius 1 is 1.59 bits per heavy atom. The lowest BCUT2D eigenvalue weighted by atomic mass is 10.1. The quantitative estimate of drug-likeness (QED) is 0.862. The Kier molecular flexibility index (Phi) is 4.11. The average Bonchev–Trinajstić information content (AvgIpc) is 2.27. The number of carboxylic acid groups (broad SMARTS) is 1. The number of para-hydroxylation sites is 1. The van der Waals surface area contributed by atoms with Crippen molar-refractivity contribution in [1.29, 1.82) is 5.26 Å². The number of nitriles is 1. The third-order valence-electron chi connectivity index (χ3n) is 2.71. The van der Waals surface area contributed by atoms with E-state index in [-0.39, 0.29) is 0 Å². The molecule has 90 valence electrons. The van der Waals surface area contributed by atoms with Crippen molar-refractivity contribution in [2.45, 2.75) is 13.8 Å².